The predicted molar refractivity (Wildman–Crippen MR) is 115 cm³/mol. The van der Waals surface area contributed by atoms with Crippen molar-refractivity contribution in [1.82, 2.24) is 0 Å². The summed E-state index contributed by atoms with van der Waals surface area (Å²) >= 11 is 0. The van der Waals surface area contributed by atoms with Gasteiger partial charge in [0.05, 0.1) is 0 Å². The van der Waals surface area contributed by atoms with Crippen molar-refractivity contribution in [2.45, 2.75) is 98.2 Å². The van der Waals surface area contributed by atoms with E-state index < -0.39 is 0 Å². The lowest BCUT2D eigenvalue weighted by Crippen LogP contribution is -2.49. The first-order valence-electron chi connectivity index (χ1n) is 11.6. The van der Waals surface area contributed by atoms with Gasteiger partial charge < -0.3 is 14.3 Å². The van der Waals surface area contributed by atoms with Crippen LogP contribution in [0.3, 0.4) is 0 Å². The number of allylic oxidation sites excluding steroid dienone is 1. The van der Waals surface area contributed by atoms with Gasteiger partial charge in [-0.05, 0) is 82.0 Å². The van der Waals surface area contributed by atoms with Gasteiger partial charge in [0.15, 0.2) is 0 Å². The third-order valence-corrected chi connectivity index (χ3v) is 8.48. The Labute approximate surface area is 181 Å². The minimum atomic E-state index is -0.222. The molecule has 0 spiro atoms. The summed E-state index contributed by atoms with van der Waals surface area (Å²) in [5, 5.41) is 0. The van der Waals surface area contributed by atoms with Crippen LogP contribution >= 0.6 is 0 Å². The summed E-state index contributed by atoms with van der Waals surface area (Å²) in [5.74, 6) is 1.12. The van der Waals surface area contributed by atoms with Crippen LogP contribution in [0.15, 0.2) is 11.1 Å². The zero-order valence-corrected chi connectivity index (χ0v) is 19.2. The Balaban J connectivity index is 1.82. The highest BCUT2D eigenvalue weighted by atomic mass is 16.5. The van der Waals surface area contributed by atoms with E-state index in [-0.39, 0.29) is 35.5 Å². The Hall–Kier alpha value is -1.65. The predicted octanol–water partition coefficient (Wildman–Crippen LogP) is 5.02. The van der Waals surface area contributed by atoms with Crippen molar-refractivity contribution >= 4 is 18.2 Å². The van der Waals surface area contributed by atoms with E-state index in [1.165, 1.54) is 25.0 Å². The van der Waals surface area contributed by atoms with E-state index in [0.717, 1.165) is 51.2 Å². The summed E-state index contributed by atoms with van der Waals surface area (Å²) in [4.78, 5) is 34.5. The number of aldehydes is 1. The fraction of sp³-hybridized carbons (Fsp3) is 0.800. The topological polar surface area (TPSA) is 69.7 Å². The van der Waals surface area contributed by atoms with Gasteiger partial charge in [-0.2, -0.15) is 0 Å². The molecule has 30 heavy (non-hydrogen) atoms. The molecule has 168 valence electrons. The van der Waals surface area contributed by atoms with Crippen LogP contribution in [0.2, 0.25) is 0 Å². The van der Waals surface area contributed by atoms with Gasteiger partial charge in [-0.25, -0.2) is 0 Å². The van der Waals surface area contributed by atoms with Gasteiger partial charge in [0.2, 0.25) is 0 Å². The van der Waals surface area contributed by atoms with E-state index in [1.54, 1.807) is 0 Å². The molecule has 0 aromatic heterocycles. The second-order valence-electron chi connectivity index (χ2n) is 10.1. The van der Waals surface area contributed by atoms with E-state index >= 15 is 0 Å². The minimum absolute atomic E-state index is 0.0235. The molecule has 0 amide bonds. The molecule has 7 atom stereocenters. The largest absolute Gasteiger partial charge is 0.463 e. The number of carbonyl (C=O) groups excluding carboxylic acids is 3. The maximum atomic E-state index is 11.7. The maximum absolute atomic E-state index is 11.7. The first kappa shape index (κ1) is 23.0. The third kappa shape index (κ3) is 4.50. The maximum Gasteiger partial charge on any atom is 0.302 e. The van der Waals surface area contributed by atoms with E-state index in [9.17, 15) is 14.4 Å². The van der Waals surface area contributed by atoms with Crippen molar-refractivity contribution in [2.75, 3.05) is 0 Å². The Bertz CT molecular complexity index is 710. The van der Waals surface area contributed by atoms with E-state index in [4.69, 9.17) is 9.47 Å². The van der Waals surface area contributed by atoms with Crippen molar-refractivity contribution in [2.24, 2.45) is 29.1 Å². The molecule has 3 aliphatic rings. The molecule has 0 unspecified atom stereocenters. The normalized spacial score (nSPS) is 37.3. The zero-order chi connectivity index (χ0) is 22.1. The molecule has 0 aromatic carbocycles. The van der Waals surface area contributed by atoms with Crippen LogP contribution in [0.1, 0.15) is 86.0 Å². The molecule has 0 heterocycles. The first-order valence-corrected chi connectivity index (χ1v) is 11.6. The number of hydrogen-bond acceptors (Lipinski definition) is 5. The van der Waals surface area contributed by atoms with Crippen LogP contribution in [0.25, 0.3) is 0 Å². The average Bonchev–Trinajstić information content (AvgIpc) is 3.03. The summed E-state index contributed by atoms with van der Waals surface area (Å²) in [7, 11) is 0. The van der Waals surface area contributed by atoms with Crippen LogP contribution in [0.4, 0.5) is 0 Å². The summed E-state index contributed by atoms with van der Waals surface area (Å²) in [6.45, 7) is 9.53. The van der Waals surface area contributed by atoms with E-state index in [1.807, 2.05) is 6.92 Å². The summed E-state index contributed by atoms with van der Waals surface area (Å²) in [5.41, 5.74) is 2.99. The molecule has 0 aromatic rings. The molecule has 2 fully saturated rings. The van der Waals surface area contributed by atoms with Gasteiger partial charge in [-0.1, -0.05) is 18.1 Å². The number of hydrogen-bond donors (Lipinski definition) is 0. The molecule has 3 aliphatic carbocycles. The fourth-order valence-electron chi connectivity index (χ4n) is 7.03. The molecule has 0 saturated heterocycles. The number of esters is 2. The first-order chi connectivity index (χ1) is 14.2. The lowest BCUT2D eigenvalue weighted by Gasteiger charge is -2.55. The van der Waals surface area contributed by atoms with E-state index in [2.05, 4.69) is 13.8 Å². The number of rotatable bonds is 6. The highest BCUT2D eigenvalue weighted by Gasteiger charge is 2.52. The Morgan fingerprint density at radius 1 is 1.17 bits per heavy atom. The second-order valence-corrected chi connectivity index (χ2v) is 10.1. The number of carbonyl (C=O) groups is 3. The quantitative estimate of drug-likeness (QED) is 0.344. The SMILES string of the molecule is CC(=O)O[C@H]1CC[C@@]2(C)[C@H](CC[C@@H](C3=C(C)[C@@H]([C@@H](C)OC(C)=O)CC3)[C@@H]2CC=O)C1. The Morgan fingerprint density at radius 3 is 2.53 bits per heavy atom. The third-order valence-electron chi connectivity index (χ3n) is 8.48. The van der Waals surface area contributed by atoms with Crippen LogP contribution in [0, 0.1) is 29.1 Å². The van der Waals surface area contributed by atoms with Crippen molar-refractivity contribution < 1.29 is 23.9 Å². The van der Waals surface area contributed by atoms with Gasteiger partial charge in [0.1, 0.15) is 18.5 Å². The monoisotopic (exact) mass is 418 g/mol. The smallest absolute Gasteiger partial charge is 0.302 e. The zero-order valence-electron chi connectivity index (χ0n) is 19.2. The van der Waals surface area contributed by atoms with Gasteiger partial charge in [-0.15, -0.1) is 0 Å². The standard InChI is InChI=1S/C25H38O5/c1-15-21(16(2)29-17(3)27)8-9-22(15)23-7-6-19-14-20(30-18(4)28)10-12-25(19,5)24(23)11-13-26/h13,16,19-21,23-24H,6-12,14H2,1-5H3/t16-,19-,20+,21+,23+,24+,25+/m1/s1. The summed E-state index contributed by atoms with van der Waals surface area (Å²) < 4.78 is 11.0. The van der Waals surface area contributed by atoms with Crippen molar-refractivity contribution in [3.05, 3.63) is 11.1 Å². The average molecular weight is 419 g/mol. The van der Waals surface area contributed by atoms with Crippen LogP contribution in [-0.2, 0) is 23.9 Å². The molecular weight excluding hydrogens is 380 g/mol. The Morgan fingerprint density at radius 2 is 1.90 bits per heavy atom. The molecule has 0 aliphatic heterocycles. The highest BCUT2D eigenvalue weighted by molar-refractivity contribution is 5.66. The minimum Gasteiger partial charge on any atom is -0.463 e. The molecule has 0 N–H and O–H groups in total. The molecular formula is C25H38O5. The van der Waals surface area contributed by atoms with Crippen LogP contribution in [0.5, 0.6) is 0 Å². The van der Waals surface area contributed by atoms with Crippen molar-refractivity contribution in [3.63, 3.8) is 0 Å². The second kappa shape index (κ2) is 9.23. The van der Waals surface area contributed by atoms with Crippen molar-refractivity contribution in [1.29, 1.82) is 0 Å². The molecule has 0 radical (unpaired) electrons. The lowest BCUT2D eigenvalue weighted by atomic mass is 9.50. The van der Waals surface area contributed by atoms with Gasteiger partial charge in [-0.3, -0.25) is 9.59 Å². The van der Waals surface area contributed by atoms with Gasteiger partial charge >= 0.3 is 11.9 Å². The molecule has 2 saturated carbocycles. The van der Waals surface area contributed by atoms with Crippen LogP contribution < -0.4 is 0 Å². The molecule has 5 nitrogen and oxygen atoms in total. The fourth-order valence-corrected chi connectivity index (χ4v) is 7.03. The number of ether oxygens (including phenoxy) is 2. The number of fused-ring (bicyclic) bond motifs is 1. The molecule has 0 bridgehead atoms. The van der Waals surface area contributed by atoms with Crippen molar-refractivity contribution in [3.8, 4) is 0 Å². The van der Waals surface area contributed by atoms with Crippen LogP contribution in [-0.4, -0.2) is 30.4 Å². The Kier molecular flexibility index (Phi) is 7.09. The highest BCUT2D eigenvalue weighted by Crippen LogP contribution is 2.59. The summed E-state index contributed by atoms with van der Waals surface area (Å²) in [6, 6.07) is 0. The van der Waals surface area contributed by atoms with Gasteiger partial charge in [0.25, 0.3) is 0 Å². The molecule has 3 rings (SSSR count). The lowest BCUT2D eigenvalue weighted by molar-refractivity contribution is -0.154. The van der Waals surface area contributed by atoms with Gasteiger partial charge in [0, 0.05) is 26.2 Å². The summed E-state index contributed by atoms with van der Waals surface area (Å²) in [6.07, 6.45) is 8.71. The molecule has 5 heteroatoms. The van der Waals surface area contributed by atoms with E-state index in [0.29, 0.717) is 24.2 Å².